The zero-order chi connectivity index (χ0) is 22.4. The second kappa shape index (κ2) is 10.6. The van der Waals surface area contributed by atoms with Gasteiger partial charge in [0.25, 0.3) is 5.91 Å². The first kappa shape index (κ1) is 23.0. The number of carbonyl (C=O) groups excluding carboxylic acids is 1. The van der Waals surface area contributed by atoms with E-state index >= 15 is 0 Å². The van der Waals surface area contributed by atoms with Crippen molar-refractivity contribution in [1.29, 1.82) is 0 Å². The summed E-state index contributed by atoms with van der Waals surface area (Å²) in [6.45, 7) is 2.66. The predicted octanol–water partition coefficient (Wildman–Crippen LogP) is 3.43. The molecule has 1 amide bonds. The Hall–Kier alpha value is -2.64. The molecule has 1 aliphatic heterocycles. The molecule has 2 N–H and O–H groups in total. The summed E-state index contributed by atoms with van der Waals surface area (Å²) in [7, 11) is 0.434. The summed E-state index contributed by atoms with van der Waals surface area (Å²) < 4.78 is 17.3. The molecule has 8 heteroatoms. The van der Waals surface area contributed by atoms with Gasteiger partial charge in [0.15, 0.2) is 0 Å². The van der Waals surface area contributed by atoms with Gasteiger partial charge in [-0.25, -0.2) is 0 Å². The van der Waals surface area contributed by atoms with Gasteiger partial charge in [-0.2, -0.15) is 0 Å². The highest BCUT2D eigenvalue weighted by Crippen LogP contribution is 2.25. The van der Waals surface area contributed by atoms with Crippen LogP contribution in [0, 0.1) is 5.92 Å². The molecule has 3 unspecified atom stereocenters. The molecule has 0 saturated heterocycles. The Bertz CT molecular complexity index is 1020. The van der Waals surface area contributed by atoms with Crippen LogP contribution in [-0.2, 0) is 28.7 Å². The number of amides is 1. The number of hydrogen-bond acceptors (Lipinski definition) is 4. The van der Waals surface area contributed by atoms with Crippen LogP contribution in [0.2, 0.25) is 5.02 Å². The van der Waals surface area contributed by atoms with Gasteiger partial charge in [-0.1, -0.05) is 61.0 Å². The molecule has 0 saturated carbocycles. The van der Waals surface area contributed by atoms with Crippen LogP contribution in [0.4, 0.5) is 0 Å². The van der Waals surface area contributed by atoms with E-state index in [4.69, 9.17) is 16.3 Å². The van der Waals surface area contributed by atoms with Crippen molar-refractivity contribution in [1.82, 2.24) is 10.6 Å². The zero-order valence-electron chi connectivity index (χ0n) is 17.7. The molecule has 2 aromatic rings. The average Bonchev–Trinajstić information content (AvgIpc) is 2.77. The van der Waals surface area contributed by atoms with Crippen molar-refractivity contribution in [2.75, 3.05) is 13.4 Å². The predicted molar refractivity (Wildman–Crippen MR) is 126 cm³/mol. The van der Waals surface area contributed by atoms with Gasteiger partial charge in [0.2, 0.25) is 0 Å². The molecule has 6 nitrogen and oxygen atoms in total. The molecule has 1 aliphatic rings. The van der Waals surface area contributed by atoms with Gasteiger partial charge in [-0.05, 0) is 23.3 Å². The average molecular weight is 460 g/mol. The topological polar surface area (TPSA) is 79.8 Å². The van der Waals surface area contributed by atoms with Crippen LogP contribution in [0.3, 0.4) is 0 Å². The quantitative estimate of drug-likeness (QED) is 0.664. The summed E-state index contributed by atoms with van der Waals surface area (Å²) in [5.74, 6) is 0.702. The van der Waals surface area contributed by atoms with Crippen LogP contribution in [0.15, 0.2) is 65.2 Å². The smallest absolute Gasteiger partial charge is 0.254 e. The molecule has 2 aromatic carbocycles. The van der Waals surface area contributed by atoms with E-state index in [0.717, 1.165) is 11.1 Å². The van der Waals surface area contributed by atoms with E-state index in [1.807, 2.05) is 49.4 Å². The van der Waals surface area contributed by atoms with Crippen LogP contribution >= 0.6 is 11.6 Å². The molecular formula is C23H26ClN3O3S. The minimum atomic E-state index is -1.13. The fraction of sp³-hybridized carbons (Fsp3) is 0.304. The van der Waals surface area contributed by atoms with Gasteiger partial charge in [-0.3, -0.25) is 14.0 Å². The molecule has 31 heavy (non-hydrogen) atoms. The molecule has 0 bridgehead atoms. The Morgan fingerprint density at radius 1 is 1.23 bits per heavy atom. The third-order valence-electron chi connectivity index (χ3n) is 4.98. The molecule has 0 aliphatic carbocycles. The Morgan fingerprint density at radius 3 is 2.61 bits per heavy atom. The highest BCUT2D eigenvalue weighted by molar-refractivity contribution is 7.84. The largest absolute Gasteiger partial charge is 0.495 e. The summed E-state index contributed by atoms with van der Waals surface area (Å²) in [5, 5.41) is 6.33. The number of amidine groups is 1. The van der Waals surface area contributed by atoms with Crippen molar-refractivity contribution in [2.24, 2.45) is 10.9 Å². The first-order valence-corrected chi connectivity index (χ1v) is 11.9. The monoisotopic (exact) mass is 459 g/mol. The number of nitrogens with zero attached hydrogens (tertiary/aromatic N) is 1. The zero-order valence-corrected chi connectivity index (χ0v) is 19.3. The molecule has 3 atom stereocenters. The lowest BCUT2D eigenvalue weighted by atomic mass is 10.0. The molecular weight excluding hydrogens is 434 g/mol. The van der Waals surface area contributed by atoms with Crippen LogP contribution in [-0.4, -0.2) is 34.7 Å². The van der Waals surface area contributed by atoms with Crippen molar-refractivity contribution in [3.63, 3.8) is 0 Å². The minimum absolute atomic E-state index is 0.0855. The van der Waals surface area contributed by atoms with E-state index < -0.39 is 10.8 Å². The summed E-state index contributed by atoms with van der Waals surface area (Å²) in [4.78, 5) is 17.6. The number of carbonyl (C=O) groups is 1. The second-order valence-corrected chi connectivity index (χ2v) is 9.22. The van der Waals surface area contributed by atoms with Gasteiger partial charge in [-0.15, -0.1) is 0 Å². The van der Waals surface area contributed by atoms with Crippen molar-refractivity contribution < 1.29 is 13.7 Å². The van der Waals surface area contributed by atoms with Crippen LogP contribution in [0.5, 0.6) is 5.75 Å². The van der Waals surface area contributed by atoms with E-state index in [2.05, 4.69) is 15.6 Å². The highest BCUT2D eigenvalue weighted by Gasteiger charge is 2.30. The summed E-state index contributed by atoms with van der Waals surface area (Å²) in [6, 6.07) is 15.1. The van der Waals surface area contributed by atoms with E-state index in [-0.39, 0.29) is 17.2 Å². The van der Waals surface area contributed by atoms with Crippen molar-refractivity contribution in [2.45, 2.75) is 25.4 Å². The maximum absolute atomic E-state index is 12.9. The minimum Gasteiger partial charge on any atom is -0.495 e. The van der Waals surface area contributed by atoms with Gasteiger partial charge in [0.05, 0.1) is 24.3 Å². The fourth-order valence-electron chi connectivity index (χ4n) is 3.32. The maximum Gasteiger partial charge on any atom is 0.254 e. The van der Waals surface area contributed by atoms with E-state index in [0.29, 0.717) is 35.3 Å². The number of benzene rings is 2. The second-order valence-electron chi connectivity index (χ2n) is 7.30. The molecule has 0 aromatic heterocycles. The molecule has 0 radical (unpaired) electrons. The maximum atomic E-state index is 12.9. The summed E-state index contributed by atoms with van der Waals surface area (Å²) >= 11 is 6.21. The normalized spacial score (nSPS) is 20.5. The first-order chi connectivity index (χ1) is 14.9. The highest BCUT2D eigenvalue weighted by atomic mass is 35.5. The number of hydrogen-bond donors (Lipinski definition) is 2. The third-order valence-corrected chi connectivity index (χ3v) is 6.53. The lowest BCUT2D eigenvalue weighted by Gasteiger charge is -2.29. The molecule has 1 heterocycles. The lowest BCUT2D eigenvalue weighted by Crippen LogP contribution is -2.48. The standard InChI is InChI=1S/C23H26ClN3O3S/c1-15-11-18(22(28)26-13-16-7-5-4-6-8-16)21(27-23(15)31(3)29)25-14-17-9-10-20(30-2)19(24)12-17/h4-12,15,23H,13-14H2,1-3H3,(H,25,27)(H,26,28). The summed E-state index contributed by atoms with van der Waals surface area (Å²) in [6.07, 6.45) is 3.48. The van der Waals surface area contributed by atoms with Crippen LogP contribution in [0.25, 0.3) is 0 Å². The Labute approximate surface area is 190 Å². The lowest BCUT2D eigenvalue weighted by molar-refractivity contribution is -0.117. The SMILES string of the molecule is COc1ccc(CN=C2NC(S(C)=O)C(C)C=C2C(=O)NCc2ccccc2)cc1Cl. The molecule has 0 spiro atoms. The van der Waals surface area contributed by atoms with E-state index in [9.17, 15) is 9.00 Å². The molecule has 0 fully saturated rings. The third kappa shape index (κ3) is 5.95. The van der Waals surface area contributed by atoms with Crippen molar-refractivity contribution in [3.05, 3.63) is 76.3 Å². The Balaban J connectivity index is 1.82. The van der Waals surface area contributed by atoms with E-state index in [1.54, 1.807) is 25.5 Å². The number of nitrogens with one attached hydrogen (secondary N) is 2. The van der Waals surface area contributed by atoms with E-state index in [1.165, 1.54) is 0 Å². The Morgan fingerprint density at radius 2 is 1.97 bits per heavy atom. The number of methoxy groups -OCH3 is 1. The molecule has 164 valence electrons. The molecule has 3 rings (SSSR count). The first-order valence-electron chi connectivity index (χ1n) is 9.89. The van der Waals surface area contributed by atoms with Gasteiger partial charge in [0, 0.05) is 29.5 Å². The number of rotatable bonds is 7. The summed E-state index contributed by atoms with van der Waals surface area (Å²) in [5.41, 5.74) is 2.33. The van der Waals surface area contributed by atoms with Crippen molar-refractivity contribution in [3.8, 4) is 5.75 Å². The number of halogens is 1. The van der Waals surface area contributed by atoms with Crippen molar-refractivity contribution >= 4 is 34.1 Å². The van der Waals surface area contributed by atoms with Gasteiger partial charge < -0.3 is 15.4 Å². The number of aliphatic imine (C=N–C) groups is 1. The van der Waals surface area contributed by atoms with Crippen LogP contribution in [0.1, 0.15) is 18.1 Å². The fourth-order valence-corrected chi connectivity index (χ4v) is 4.57. The van der Waals surface area contributed by atoms with Crippen LogP contribution < -0.4 is 15.4 Å². The Kier molecular flexibility index (Phi) is 7.87. The van der Waals surface area contributed by atoms with Gasteiger partial charge in [0.1, 0.15) is 17.0 Å². The van der Waals surface area contributed by atoms with Gasteiger partial charge >= 0.3 is 0 Å². The number of ether oxygens (including phenoxy) is 1.